The number of hydrogen-bond donors (Lipinski definition) is 1. The first-order valence-electron chi connectivity index (χ1n) is 9.02. The van der Waals surface area contributed by atoms with Crippen LogP contribution in [-0.4, -0.2) is 29.0 Å². The Morgan fingerprint density at radius 1 is 1.24 bits per heavy atom. The van der Waals surface area contributed by atoms with E-state index >= 15 is 0 Å². The number of benzene rings is 1. The molecular weight excluding hydrogens is 312 g/mol. The van der Waals surface area contributed by atoms with Crippen molar-refractivity contribution in [3.63, 3.8) is 0 Å². The van der Waals surface area contributed by atoms with Gasteiger partial charge in [0, 0.05) is 30.2 Å². The molecular formula is C20H26N4O. The number of aromatic nitrogens is 2. The fourth-order valence-electron chi connectivity index (χ4n) is 3.33. The third-order valence-electron chi connectivity index (χ3n) is 4.65. The Bertz CT molecular complexity index is 739. The van der Waals surface area contributed by atoms with Crippen molar-refractivity contribution in [3.8, 4) is 0 Å². The summed E-state index contributed by atoms with van der Waals surface area (Å²) in [5.74, 6) is 0.786. The van der Waals surface area contributed by atoms with Crippen molar-refractivity contribution >= 4 is 17.5 Å². The minimum Gasteiger partial charge on any atom is -0.340 e. The largest absolute Gasteiger partial charge is 0.340 e. The molecule has 2 heterocycles. The van der Waals surface area contributed by atoms with Crippen LogP contribution in [0.3, 0.4) is 0 Å². The van der Waals surface area contributed by atoms with Gasteiger partial charge in [-0.15, -0.1) is 0 Å². The molecule has 25 heavy (non-hydrogen) atoms. The van der Waals surface area contributed by atoms with Crippen molar-refractivity contribution in [1.82, 2.24) is 9.97 Å². The fourth-order valence-corrected chi connectivity index (χ4v) is 3.33. The summed E-state index contributed by atoms with van der Waals surface area (Å²) in [6, 6.07) is 10.0. The van der Waals surface area contributed by atoms with Gasteiger partial charge in [-0.25, -0.2) is 9.97 Å². The molecule has 1 atom stereocenters. The van der Waals surface area contributed by atoms with Crippen molar-refractivity contribution in [2.45, 2.75) is 40.0 Å². The average molecular weight is 338 g/mol. The number of nitrogens with one attached hydrogen (secondary N) is 1. The molecule has 2 aromatic rings. The Kier molecular flexibility index (Phi) is 5.31. The number of carbonyl (C=O) groups is 1. The van der Waals surface area contributed by atoms with E-state index < -0.39 is 0 Å². The second-order valence-electron chi connectivity index (χ2n) is 6.78. The highest BCUT2D eigenvalue weighted by atomic mass is 16.1. The molecule has 0 aliphatic carbocycles. The number of anilines is 2. The van der Waals surface area contributed by atoms with Gasteiger partial charge in [0.25, 0.3) is 0 Å². The average Bonchev–Trinajstić information content (AvgIpc) is 2.61. The van der Waals surface area contributed by atoms with E-state index in [1.54, 1.807) is 0 Å². The predicted octanol–water partition coefficient (Wildman–Crippen LogP) is 3.51. The molecule has 1 N–H and O–H groups in total. The first kappa shape index (κ1) is 17.4. The van der Waals surface area contributed by atoms with Gasteiger partial charge < -0.3 is 10.2 Å². The van der Waals surface area contributed by atoms with Gasteiger partial charge in [0.2, 0.25) is 11.9 Å². The van der Waals surface area contributed by atoms with Gasteiger partial charge in [0.1, 0.15) is 0 Å². The van der Waals surface area contributed by atoms with E-state index in [0.29, 0.717) is 6.54 Å². The van der Waals surface area contributed by atoms with Crippen LogP contribution in [0, 0.1) is 19.8 Å². The number of amides is 1. The molecule has 0 spiro atoms. The van der Waals surface area contributed by atoms with E-state index in [4.69, 9.17) is 0 Å². The van der Waals surface area contributed by atoms with Gasteiger partial charge in [0.05, 0.1) is 5.92 Å². The van der Waals surface area contributed by atoms with Gasteiger partial charge in [-0.3, -0.25) is 4.79 Å². The van der Waals surface area contributed by atoms with Crippen LogP contribution < -0.4 is 10.2 Å². The van der Waals surface area contributed by atoms with Gasteiger partial charge in [-0.2, -0.15) is 0 Å². The standard InChI is InChI=1S/C20H26N4O/c1-4-16-7-5-9-18(12-16)23-19(25)17-8-6-10-24(13-17)20-21-14(2)11-15(3)22-20/h5,7,9,11-12,17H,4,6,8,10,13H2,1-3H3,(H,23,25). The summed E-state index contributed by atoms with van der Waals surface area (Å²) in [7, 11) is 0. The minimum atomic E-state index is -0.0385. The van der Waals surface area contributed by atoms with E-state index in [1.807, 2.05) is 38.1 Å². The van der Waals surface area contributed by atoms with E-state index in [-0.39, 0.29) is 11.8 Å². The fraction of sp³-hybridized carbons (Fsp3) is 0.450. The summed E-state index contributed by atoms with van der Waals surface area (Å²) >= 11 is 0. The molecule has 0 saturated carbocycles. The molecule has 5 heteroatoms. The molecule has 0 bridgehead atoms. The van der Waals surface area contributed by atoms with Crippen LogP contribution in [0.5, 0.6) is 0 Å². The number of rotatable bonds is 4. The smallest absolute Gasteiger partial charge is 0.229 e. The molecule has 1 aromatic heterocycles. The van der Waals surface area contributed by atoms with E-state index in [0.717, 1.165) is 48.8 Å². The summed E-state index contributed by atoms with van der Waals surface area (Å²) < 4.78 is 0. The molecule has 1 saturated heterocycles. The molecule has 1 aliphatic rings. The van der Waals surface area contributed by atoms with E-state index in [9.17, 15) is 4.79 Å². The minimum absolute atomic E-state index is 0.0385. The molecule has 1 fully saturated rings. The molecule has 1 unspecified atom stereocenters. The topological polar surface area (TPSA) is 58.1 Å². The Morgan fingerprint density at radius 2 is 2.00 bits per heavy atom. The zero-order valence-corrected chi connectivity index (χ0v) is 15.2. The number of carbonyl (C=O) groups excluding carboxylic acids is 1. The molecule has 3 rings (SSSR count). The highest BCUT2D eigenvalue weighted by Crippen LogP contribution is 2.22. The Balaban J connectivity index is 1.68. The number of nitrogens with zero attached hydrogens (tertiary/aromatic N) is 3. The van der Waals surface area contributed by atoms with Gasteiger partial charge in [-0.05, 0) is 56.9 Å². The lowest BCUT2D eigenvalue weighted by molar-refractivity contribution is -0.120. The van der Waals surface area contributed by atoms with Gasteiger partial charge >= 0.3 is 0 Å². The lowest BCUT2D eigenvalue weighted by atomic mass is 9.97. The van der Waals surface area contributed by atoms with E-state index in [2.05, 4.69) is 33.2 Å². The first-order valence-corrected chi connectivity index (χ1v) is 9.02. The van der Waals surface area contributed by atoms with Crippen molar-refractivity contribution in [2.24, 2.45) is 5.92 Å². The van der Waals surface area contributed by atoms with Crippen LogP contribution in [0.4, 0.5) is 11.6 Å². The molecule has 1 amide bonds. The summed E-state index contributed by atoms with van der Waals surface area (Å²) in [5.41, 5.74) is 4.03. The highest BCUT2D eigenvalue weighted by molar-refractivity contribution is 5.93. The summed E-state index contributed by atoms with van der Waals surface area (Å²) in [6.45, 7) is 7.64. The van der Waals surface area contributed by atoms with E-state index in [1.165, 1.54) is 5.56 Å². The maximum absolute atomic E-state index is 12.7. The third kappa shape index (κ3) is 4.35. The number of aryl methyl sites for hydroxylation is 3. The zero-order valence-electron chi connectivity index (χ0n) is 15.2. The maximum atomic E-state index is 12.7. The van der Waals surface area contributed by atoms with Crippen LogP contribution in [0.15, 0.2) is 30.3 Å². The van der Waals surface area contributed by atoms with Crippen molar-refractivity contribution < 1.29 is 4.79 Å². The second-order valence-corrected chi connectivity index (χ2v) is 6.78. The number of piperidine rings is 1. The zero-order chi connectivity index (χ0) is 17.8. The molecule has 1 aliphatic heterocycles. The van der Waals surface area contributed by atoms with Crippen LogP contribution in [0.25, 0.3) is 0 Å². The predicted molar refractivity (Wildman–Crippen MR) is 101 cm³/mol. The molecule has 1 aromatic carbocycles. The lowest BCUT2D eigenvalue weighted by Crippen LogP contribution is -2.41. The molecule has 132 valence electrons. The number of hydrogen-bond acceptors (Lipinski definition) is 4. The maximum Gasteiger partial charge on any atom is 0.229 e. The Labute approximate surface area is 149 Å². The Hall–Kier alpha value is -2.43. The highest BCUT2D eigenvalue weighted by Gasteiger charge is 2.27. The van der Waals surface area contributed by atoms with Crippen molar-refractivity contribution in [3.05, 3.63) is 47.3 Å². The Morgan fingerprint density at radius 3 is 2.72 bits per heavy atom. The monoisotopic (exact) mass is 338 g/mol. The van der Waals surface area contributed by atoms with Crippen LogP contribution >= 0.6 is 0 Å². The van der Waals surface area contributed by atoms with Crippen molar-refractivity contribution in [2.75, 3.05) is 23.3 Å². The summed E-state index contributed by atoms with van der Waals surface area (Å²) in [6.07, 6.45) is 2.84. The van der Waals surface area contributed by atoms with Gasteiger partial charge in [0.15, 0.2) is 0 Å². The molecule has 5 nitrogen and oxygen atoms in total. The SMILES string of the molecule is CCc1cccc(NC(=O)C2CCCN(c3nc(C)cc(C)n3)C2)c1. The lowest BCUT2D eigenvalue weighted by Gasteiger charge is -2.32. The summed E-state index contributed by atoms with van der Waals surface area (Å²) in [5, 5.41) is 3.07. The first-order chi connectivity index (χ1) is 12.0. The van der Waals surface area contributed by atoms with Crippen LogP contribution in [0.1, 0.15) is 36.7 Å². The normalized spacial score (nSPS) is 17.4. The second kappa shape index (κ2) is 7.64. The van der Waals surface area contributed by atoms with Crippen LogP contribution in [0.2, 0.25) is 0 Å². The molecule has 0 radical (unpaired) electrons. The third-order valence-corrected chi connectivity index (χ3v) is 4.65. The van der Waals surface area contributed by atoms with Gasteiger partial charge in [-0.1, -0.05) is 19.1 Å². The summed E-state index contributed by atoms with van der Waals surface area (Å²) in [4.78, 5) is 23.9. The van der Waals surface area contributed by atoms with Crippen molar-refractivity contribution in [1.29, 1.82) is 0 Å². The quantitative estimate of drug-likeness (QED) is 0.927. The van der Waals surface area contributed by atoms with Crippen LogP contribution in [-0.2, 0) is 11.2 Å².